The Morgan fingerprint density at radius 2 is 2.27 bits per heavy atom. The van der Waals surface area contributed by atoms with Gasteiger partial charge in [0.1, 0.15) is 5.75 Å². The van der Waals surface area contributed by atoms with Crippen molar-refractivity contribution in [1.82, 2.24) is 0 Å². The van der Waals surface area contributed by atoms with Crippen LogP contribution < -0.4 is 15.2 Å². The van der Waals surface area contributed by atoms with Gasteiger partial charge in [-0.1, -0.05) is 0 Å². The second-order valence-electron chi connectivity index (χ2n) is 3.14. The smallest absolute Gasteiger partial charge is 0.231 e. The van der Waals surface area contributed by atoms with Gasteiger partial charge in [-0.2, -0.15) is 0 Å². The lowest BCUT2D eigenvalue weighted by Crippen LogP contribution is -2.15. The van der Waals surface area contributed by atoms with Crippen molar-refractivity contribution in [3.63, 3.8) is 0 Å². The molecule has 15 heavy (non-hydrogen) atoms. The molecule has 0 amide bonds. The van der Waals surface area contributed by atoms with Crippen LogP contribution in [0.4, 0.5) is 0 Å². The molecule has 0 saturated carbocycles. The fourth-order valence-corrected chi connectivity index (χ4v) is 1.88. The van der Waals surface area contributed by atoms with Gasteiger partial charge in [-0.25, -0.2) is 0 Å². The molecule has 0 aliphatic carbocycles. The van der Waals surface area contributed by atoms with Crippen LogP contribution in [0.5, 0.6) is 17.2 Å². The van der Waals surface area contributed by atoms with Crippen LogP contribution >= 0.6 is 15.9 Å². The van der Waals surface area contributed by atoms with Gasteiger partial charge in [0.25, 0.3) is 0 Å². The summed E-state index contributed by atoms with van der Waals surface area (Å²) in [4.78, 5) is 0. The summed E-state index contributed by atoms with van der Waals surface area (Å²) in [7, 11) is 0. The average molecular weight is 276 g/mol. The molecule has 1 aromatic rings. The van der Waals surface area contributed by atoms with E-state index in [2.05, 4.69) is 15.9 Å². The number of rotatable bonds is 2. The van der Waals surface area contributed by atoms with Crippen molar-refractivity contribution in [2.45, 2.75) is 6.04 Å². The third kappa shape index (κ3) is 1.64. The Labute approximate surface area is 94.5 Å². The van der Waals surface area contributed by atoms with Gasteiger partial charge in [-0.3, -0.25) is 0 Å². The maximum absolute atomic E-state index is 9.79. The molecule has 1 heterocycles. The molecule has 82 valence electrons. The van der Waals surface area contributed by atoms with E-state index in [-0.39, 0.29) is 19.1 Å². The lowest BCUT2D eigenvalue weighted by atomic mass is 10.1. The van der Waals surface area contributed by atoms with Gasteiger partial charge >= 0.3 is 0 Å². The normalized spacial score (nSPS) is 15.4. The number of phenols is 1. The van der Waals surface area contributed by atoms with Gasteiger partial charge in [0.15, 0.2) is 11.5 Å². The molecular weight excluding hydrogens is 266 g/mol. The van der Waals surface area contributed by atoms with Crippen molar-refractivity contribution in [3.05, 3.63) is 16.1 Å². The number of aliphatic hydroxyl groups is 1. The summed E-state index contributed by atoms with van der Waals surface area (Å²) in [6.45, 7) is -0.184. The molecule has 0 aromatic heterocycles. The molecule has 1 aromatic carbocycles. The van der Waals surface area contributed by atoms with Gasteiger partial charge in [-0.15, -0.1) is 0 Å². The van der Waals surface area contributed by atoms with Crippen LogP contribution in [-0.2, 0) is 0 Å². The van der Waals surface area contributed by atoms with Crippen molar-refractivity contribution < 1.29 is 19.7 Å². The van der Waals surface area contributed by atoms with Gasteiger partial charge in [-0.05, 0) is 15.9 Å². The molecule has 1 aliphatic heterocycles. The number of benzene rings is 1. The highest BCUT2D eigenvalue weighted by Crippen LogP contribution is 2.46. The molecule has 1 unspecified atom stereocenters. The van der Waals surface area contributed by atoms with Crippen molar-refractivity contribution in [3.8, 4) is 17.2 Å². The minimum Gasteiger partial charge on any atom is -0.506 e. The zero-order valence-corrected chi connectivity index (χ0v) is 9.32. The van der Waals surface area contributed by atoms with Crippen LogP contribution in [0.1, 0.15) is 11.6 Å². The Morgan fingerprint density at radius 3 is 2.93 bits per heavy atom. The predicted octanol–water partition coefficient (Wildman–Crippen LogP) is 0.875. The molecule has 0 fully saturated rings. The lowest BCUT2D eigenvalue weighted by Gasteiger charge is -2.14. The third-order valence-electron chi connectivity index (χ3n) is 2.19. The van der Waals surface area contributed by atoms with E-state index in [1.807, 2.05) is 0 Å². The van der Waals surface area contributed by atoms with Crippen molar-refractivity contribution in [2.24, 2.45) is 5.73 Å². The van der Waals surface area contributed by atoms with Crippen molar-refractivity contribution >= 4 is 15.9 Å². The highest BCUT2D eigenvalue weighted by molar-refractivity contribution is 9.10. The molecule has 2 rings (SSSR count). The molecule has 0 radical (unpaired) electrons. The van der Waals surface area contributed by atoms with Crippen molar-refractivity contribution in [2.75, 3.05) is 13.4 Å². The maximum atomic E-state index is 9.79. The number of ether oxygens (including phenoxy) is 2. The quantitative estimate of drug-likeness (QED) is 0.746. The number of hydrogen-bond acceptors (Lipinski definition) is 5. The standard InChI is InChI=1S/C9H10BrNO4/c10-4-1-6-9(15-3-14-6)7(8(4)13)5(11)2-12/h1,5,12-13H,2-3,11H2. The number of halogens is 1. The third-order valence-corrected chi connectivity index (χ3v) is 2.80. The lowest BCUT2D eigenvalue weighted by molar-refractivity contribution is 0.171. The predicted molar refractivity (Wildman–Crippen MR) is 55.9 cm³/mol. The first-order valence-electron chi connectivity index (χ1n) is 4.32. The first-order valence-corrected chi connectivity index (χ1v) is 5.12. The van der Waals surface area contributed by atoms with E-state index in [9.17, 15) is 5.11 Å². The van der Waals surface area contributed by atoms with Gasteiger partial charge < -0.3 is 25.4 Å². The zero-order chi connectivity index (χ0) is 11.0. The van der Waals surface area contributed by atoms with Crippen LogP contribution in [0.3, 0.4) is 0 Å². The number of hydrogen-bond donors (Lipinski definition) is 3. The number of phenolic OH excluding ortho intramolecular Hbond substituents is 1. The zero-order valence-electron chi connectivity index (χ0n) is 7.74. The molecule has 1 aliphatic rings. The highest BCUT2D eigenvalue weighted by atomic mass is 79.9. The molecule has 5 nitrogen and oxygen atoms in total. The fourth-order valence-electron chi connectivity index (χ4n) is 1.46. The summed E-state index contributed by atoms with van der Waals surface area (Å²) in [5, 5.41) is 18.8. The summed E-state index contributed by atoms with van der Waals surface area (Å²) < 4.78 is 10.8. The first-order chi connectivity index (χ1) is 7.15. The van der Waals surface area contributed by atoms with E-state index in [1.165, 1.54) is 0 Å². The monoisotopic (exact) mass is 275 g/mol. The van der Waals surface area contributed by atoms with Gasteiger partial charge in [0.2, 0.25) is 6.79 Å². The summed E-state index contributed by atoms with van der Waals surface area (Å²) in [5.74, 6) is 0.886. The van der Waals surface area contributed by atoms with Gasteiger partial charge in [0, 0.05) is 6.07 Å². The number of fused-ring (bicyclic) bond motifs is 1. The van der Waals surface area contributed by atoms with Crippen LogP contribution in [-0.4, -0.2) is 23.6 Å². The summed E-state index contributed by atoms with van der Waals surface area (Å²) >= 11 is 3.17. The molecule has 0 bridgehead atoms. The van der Waals surface area contributed by atoms with E-state index >= 15 is 0 Å². The van der Waals surface area contributed by atoms with Crippen LogP contribution in [0, 0.1) is 0 Å². The van der Waals surface area contributed by atoms with E-state index < -0.39 is 6.04 Å². The van der Waals surface area contributed by atoms with Crippen molar-refractivity contribution in [1.29, 1.82) is 0 Å². The van der Waals surface area contributed by atoms with E-state index in [1.54, 1.807) is 6.07 Å². The van der Waals surface area contributed by atoms with E-state index in [4.69, 9.17) is 20.3 Å². The molecule has 4 N–H and O–H groups in total. The van der Waals surface area contributed by atoms with E-state index in [0.717, 1.165) is 0 Å². The van der Waals surface area contributed by atoms with Crippen LogP contribution in [0.25, 0.3) is 0 Å². The average Bonchev–Trinajstić information content (AvgIpc) is 2.66. The molecule has 6 heteroatoms. The Kier molecular flexibility index (Phi) is 2.72. The maximum Gasteiger partial charge on any atom is 0.231 e. The minimum atomic E-state index is -0.696. The summed E-state index contributed by atoms with van der Waals surface area (Å²) in [6.07, 6.45) is 0. The second-order valence-corrected chi connectivity index (χ2v) is 4.00. The fraction of sp³-hybridized carbons (Fsp3) is 0.333. The second kappa shape index (κ2) is 3.88. The topological polar surface area (TPSA) is 84.9 Å². The number of nitrogens with two attached hydrogens (primary N) is 1. The van der Waals surface area contributed by atoms with Crippen LogP contribution in [0.15, 0.2) is 10.5 Å². The Morgan fingerprint density at radius 1 is 1.53 bits per heavy atom. The molecule has 1 atom stereocenters. The number of aliphatic hydroxyl groups excluding tert-OH is 1. The van der Waals surface area contributed by atoms with Crippen LogP contribution in [0.2, 0.25) is 0 Å². The van der Waals surface area contributed by atoms with Gasteiger partial charge in [0.05, 0.1) is 22.7 Å². The number of aromatic hydroxyl groups is 1. The Bertz CT molecular complexity index is 396. The first kappa shape index (κ1) is 10.5. The highest BCUT2D eigenvalue weighted by Gasteiger charge is 2.26. The summed E-state index contributed by atoms with van der Waals surface area (Å²) in [5.41, 5.74) is 6.03. The SMILES string of the molecule is NC(CO)c1c(O)c(Br)cc2c1OCO2. The minimum absolute atomic E-state index is 0.0270. The largest absolute Gasteiger partial charge is 0.506 e. The Hall–Kier alpha value is -0.980. The summed E-state index contributed by atoms with van der Waals surface area (Å²) in [6, 6.07) is 0.906. The van der Waals surface area contributed by atoms with E-state index in [0.29, 0.717) is 21.5 Å². The Balaban J connectivity index is 2.60. The molecule has 0 spiro atoms. The molecular formula is C9H10BrNO4. The molecule has 0 saturated heterocycles.